The molecule has 0 heterocycles. The number of hydrogen-bond donors (Lipinski definition) is 0. The summed E-state index contributed by atoms with van der Waals surface area (Å²) in [5.74, 6) is 0. The molecule has 3 unspecified atom stereocenters. The largest absolute Gasteiger partial charge is 3.00 e. The Morgan fingerprint density at radius 2 is 0.677 bits per heavy atom. The zero-order valence-corrected chi connectivity index (χ0v) is 21.6. The van der Waals surface area contributed by atoms with Crippen LogP contribution in [0.2, 0.25) is 0 Å². The van der Waals surface area contributed by atoms with Crippen molar-refractivity contribution in [3.05, 3.63) is 89.5 Å². The minimum absolute atomic E-state index is 0. The zero-order valence-electron chi connectivity index (χ0n) is 17.5. The molecule has 3 atom stereocenters. The average Bonchev–Trinajstić information content (AvgIpc) is 2.69. The molecule has 0 bridgehead atoms. The molecule has 0 saturated heterocycles. The van der Waals surface area contributed by atoms with E-state index in [4.69, 9.17) is 0 Å². The molecule has 0 saturated carbocycles. The molecule has 0 aromatic heterocycles. The second-order valence-corrected chi connectivity index (χ2v) is 9.65. The van der Waals surface area contributed by atoms with Gasteiger partial charge in [0.05, 0.1) is 0 Å². The Labute approximate surface area is 195 Å². The second kappa shape index (κ2) is 15.5. The summed E-state index contributed by atoms with van der Waals surface area (Å²) in [7, 11) is -8.23. The van der Waals surface area contributed by atoms with E-state index in [1.807, 2.05) is 18.2 Å². The molecule has 162 valence electrons. The van der Waals surface area contributed by atoms with Crippen molar-refractivity contribution in [3.63, 3.8) is 0 Å². The van der Waals surface area contributed by atoms with Crippen molar-refractivity contribution >= 4 is 57.4 Å². The fourth-order valence-corrected chi connectivity index (χ4v) is 4.32. The van der Waals surface area contributed by atoms with E-state index in [2.05, 4.69) is 0 Å². The van der Waals surface area contributed by atoms with E-state index in [0.29, 0.717) is 15.9 Å². The second-order valence-electron chi connectivity index (χ2n) is 6.31. The molecular weight excluding hydrogens is 468 g/mol. The van der Waals surface area contributed by atoms with Crippen molar-refractivity contribution in [2.24, 2.45) is 0 Å². The third-order valence-electron chi connectivity index (χ3n) is 4.09. The molecule has 0 aliphatic heterocycles. The van der Waals surface area contributed by atoms with Gasteiger partial charge in [-0.3, -0.25) is 0 Å². The van der Waals surface area contributed by atoms with Gasteiger partial charge in [0.25, 0.3) is 0 Å². The van der Waals surface area contributed by atoms with Crippen LogP contribution in [-0.2, 0) is 13.7 Å². The minimum atomic E-state index is -2.74. The fourth-order valence-electron chi connectivity index (χ4n) is 2.41. The predicted octanol–water partition coefficient (Wildman–Crippen LogP) is 0.985. The van der Waals surface area contributed by atoms with Crippen molar-refractivity contribution in [1.82, 2.24) is 0 Å². The van der Waals surface area contributed by atoms with Gasteiger partial charge in [-0.15, -0.1) is 0 Å². The van der Waals surface area contributed by atoms with Crippen molar-refractivity contribution < 1.29 is 28.4 Å². The van der Waals surface area contributed by atoms with Crippen LogP contribution in [0.15, 0.2) is 72.8 Å². The standard InChI is InChI=1S/3C7H9O2P.Al/c3*1-6-4-2-3-5-7(6)10(8)9;/h3*2-5,10H,1H3,(H,8,9);/q;;;+3/p-3. The number of aryl methyl sites for hydroxylation is 3. The van der Waals surface area contributed by atoms with Gasteiger partial charge in [-0.2, -0.15) is 0 Å². The third-order valence-corrected chi connectivity index (χ3v) is 7.10. The SMILES string of the molecule is Cc1ccccc1[PH](=O)[O-].Cc1ccccc1[PH](=O)[O-].Cc1ccccc1[PH](=O)[O-].[Al+3]. The maximum Gasteiger partial charge on any atom is 3.00 e. The maximum atomic E-state index is 10.5. The van der Waals surface area contributed by atoms with E-state index in [0.717, 1.165) is 16.7 Å². The first-order chi connectivity index (χ1) is 14.1. The number of hydrogen-bond acceptors (Lipinski definition) is 6. The van der Waals surface area contributed by atoms with Crippen LogP contribution in [0.5, 0.6) is 0 Å². The van der Waals surface area contributed by atoms with E-state index in [1.165, 1.54) is 0 Å². The summed E-state index contributed by atoms with van der Waals surface area (Å²) < 4.78 is 31.5. The Balaban J connectivity index is 0.000000429. The molecule has 10 heteroatoms. The summed E-state index contributed by atoms with van der Waals surface area (Å²) in [6, 6.07) is 20.9. The molecule has 3 aromatic rings. The monoisotopic (exact) mass is 492 g/mol. The first kappa shape index (κ1) is 29.8. The molecule has 0 N–H and O–H groups in total. The first-order valence-corrected chi connectivity index (χ1v) is 12.9. The van der Waals surface area contributed by atoms with Gasteiger partial charge in [0.1, 0.15) is 0 Å². The van der Waals surface area contributed by atoms with Crippen molar-refractivity contribution in [2.75, 3.05) is 0 Å². The Hall–Kier alpha value is -1.24. The molecule has 3 rings (SSSR count). The third kappa shape index (κ3) is 10.8. The van der Waals surface area contributed by atoms with Crippen LogP contribution in [0.3, 0.4) is 0 Å². The molecule has 0 fully saturated rings. The Morgan fingerprint density at radius 1 is 0.484 bits per heavy atom. The summed E-state index contributed by atoms with van der Waals surface area (Å²) in [5.41, 5.74) is 2.46. The van der Waals surface area contributed by atoms with E-state index >= 15 is 0 Å². The molecule has 0 aliphatic rings. The van der Waals surface area contributed by atoms with Gasteiger partial charge in [-0.1, -0.05) is 72.8 Å². The summed E-state index contributed by atoms with van der Waals surface area (Å²) in [6.45, 7) is 5.36. The smallest absolute Gasteiger partial charge is 0.798 e. The summed E-state index contributed by atoms with van der Waals surface area (Å²) >= 11 is 0. The van der Waals surface area contributed by atoms with Crippen molar-refractivity contribution in [1.29, 1.82) is 0 Å². The molecule has 31 heavy (non-hydrogen) atoms. The molecule has 0 spiro atoms. The van der Waals surface area contributed by atoms with E-state index in [-0.39, 0.29) is 17.4 Å². The van der Waals surface area contributed by atoms with Gasteiger partial charge < -0.3 is 28.4 Å². The Morgan fingerprint density at radius 3 is 0.806 bits per heavy atom. The van der Waals surface area contributed by atoms with Crippen LogP contribution in [0.4, 0.5) is 0 Å². The summed E-state index contributed by atoms with van der Waals surface area (Å²) in [4.78, 5) is 31.5. The topological polar surface area (TPSA) is 120 Å². The van der Waals surface area contributed by atoms with Gasteiger partial charge in [0, 0.05) is 24.1 Å². The number of rotatable bonds is 3. The van der Waals surface area contributed by atoms with E-state index in [9.17, 15) is 28.4 Å². The molecule has 0 radical (unpaired) electrons. The zero-order chi connectivity index (χ0) is 22.7. The van der Waals surface area contributed by atoms with Crippen LogP contribution in [0.1, 0.15) is 16.7 Å². The van der Waals surface area contributed by atoms with Gasteiger partial charge in [-0.25, -0.2) is 0 Å². The molecular formula is C21H24AlO6P3. The fraction of sp³-hybridized carbons (Fsp3) is 0.143. The van der Waals surface area contributed by atoms with Gasteiger partial charge in [-0.05, 0) is 53.4 Å². The Bertz CT molecular complexity index is 911. The van der Waals surface area contributed by atoms with Crippen LogP contribution in [-0.4, -0.2) is 17.4 Å². The van der Waals surface area contributed by atoms with Crippen LogP contribution in [0.25, 0.3) is 0 Å². The van der Waals surface area contributed by atoms with Crippen molar-refractivity contribution in [3.8, 4) is 0 Å². The predicted molar refractivity (Wildman–Crippen MR) is 125 cm³/mol. The van der Waals surface area contributed by atoms with Crippen LogP contribution in [0, 0.1) is 20.8 Å². The normalized spacial score (nSPS) is 12.6. The number of benzene rings is 3. The quantitative estimate of drug-likeness (QED) is 0.397. The maximum absolute atomic E-state index is 10.5. The molecule has 0 aliphatic carbocycles. The van der Waals surface area contributed by atoms with Gasteiger partial charge in [0.15, 0.2) is 0 Å². The first-order valence-electron chi connectivity index (χ1n) is 8.96. The van der Waals surface area contributed by atoms with Crippen LogP contribution >= 0.6 is 24.1 Å². The summed E-state index contributed by atoms with van der Waals surface area (Å²) in [6.07, 6.45) is 0. The Kier molecular flexibility index (Phi) is 14.9. The molecule has 3 aromatic carbocycles. The van der Waals surface area contributed by atoms with E-state index in [1.54, 1.807) is 75.4 Å². The average molecular weight is 492 g/mol. The van der Waals surface area contributed by atoms with Crippen molar-refractivity contribution in [2.45, 2.75) is 20.8 Å². The van der Waals surface area contributed by atoms with E-state index < -0.39 is 24.1 Å². The minimum Gasteiger partial charge on any atom is -0.798 e. The van der Waals surface area contributed by atoms with Gasteiger partial charge in [0.2, 0.25) is 0 Å². The molecule has 0 amide bonds. The summed E-state index contributed by atoms with van der Waals surface area (Å²) in [5, 5.41) is 1.35. The van der Waals surface area contributed by atoms with Gasteiger partial charge >= 0.3 is 17.4 Å². The molecule has 6 nitrogen and oxygen atoms in total. The van der Waals surface area contributed by atoms with Crippen LogP contribution < -0.4 is 30.6 Å².